The topological polar surface area (TPSA) is 86.1 Å². The minimum absolute atomic E-state index is 0.195. The maximum absolute atomic E-state index is 13.3. The lowest BCUT2D eigenvalue weighted by Crippen LogP contribution is -2.29. The lowest BCUT2D eigenvalue weighted by molar-refractivity contribution is -0.137. The van der Waals surface area contributed by atoms with Gasteiger partial charge in [0.25, 0.3) is 5.91 Å². The van der Waals surface area contributed by atoms with E-state index in [4.69, 9.17) is 4.74 Å². The van der Waals surface area contributed by atoms with Crippen LogP contribution in [0.5, 0.6) is 5.75 Å². The van der Waals surface area contributed by atoms with Crippen molar-refractivity contribution in [3.05, 3.63) is 71.3 Å². The number of nitrogens with zero attached hydrogens (tertiary/aromatic N) is 3. The number of hydrogen-bond donors (Lipinski definition) is 1. The molecule has 32 heavy (non-hydrogen) atoms. The number of pyridine rings is 1. The van der Waals surface area contributed by atoms with Gasteiger partial charge in [0.1, 0.15) is 11.4 Å². The van der Waals surface area contributed by atoms with Crippen LogP contribution in [0.3, 0.4) is 0 Å². The van der Waals surface area contributed by atoms with Gasteiger partial charge in [-0.05, 0) is 37.1 Å². The molecule has 0 saturated carbocycles. The third-order valence-electron chi connectivity index (χ3n) is 5.44. The fourth-order valence-electron chi connectivity index (χ4n) is 3.79. The Hall–Kier alpha value is -3.69. The van der Waals surface area contributed by atoms with Gasteiger partial charge in [-0.3, -0.25) is 19.3 Å². The van der Waals surface area contributed by atoms with Crippen molar-refractivity contribution in [1.29, 1.82) is 0 Å². The molecule has 1 amide bonds. The third-order valence-corrected chi connectivity index (χ3v) is 5.44. The summed E-state index contributed by atoms with van der Waals surface area (Å²) in [6.45, 7) is 1.86. The first-order valence-electron chi connectivity index (χ1n) is 9.78. The van der Waals surface area contributed by atoms with E-state index in [1.54, 1.807) is 0 Å². The van der Waals surface area contributed by atoms with Crippen LogP contribution in [0, 0.1) is 0 Å². The number of carbonyl (C=O) groups excluding carboxylic acids is 2. The summed E-state index contributed by atoms with van der Waals surface area (Å²) in [5, 5.41) is 6.92. The standard InChI is InChI=1S/C22H19F3N4O3/c1-12-7-17(13-3-5-15(6-4-13)22(23,24)25)20(30)19-18(11-27-29(12)19)28-21(31)14-8-16(32-2)10-26-9-14/h3-6,8-12,17H,7H2,1-2H3,(H,28,31)/t12-,17?/m0/s1. The van der Waals surface area contributed by atoms with Crippen molar-refractivity contribution in [2.75, 3.05) is 12.4 Å². The number of alkyl halides is 3. The molecule has 1 N–H and O–H groups in total. The highest BCUT2D eigenvalue weighted by Crippen LogP contribution is 2.39. The number of aromatic nitrogens is 3. The van der Waals surface area contributed by atoms with Crippen LogP contribution >= 0.6 is 0 Å². The van der Waals surface area contributed by atoms with E-state index < -0.39 is 23.6 Å². The van der Waals surface area contributed by atoms with Gasteiger partial charge in [0.05, 0.1) is 48.3 Å². The number of Topliss-reactive ketones (excluding diaryl/α,β-unsaturated/α-hetero) is 1. The van der Waals surface area contributed by atoms with Crippen LogP contribution in [0.4, 0.5) is 18.9 Å². The van der Waals surface area contributed by atoms with Crippen molar-refractivity contribution in [3.8, 4) is 5.75 Å². The van der Waals surface area contributed by atoms with Crippen LogP contribution in [0.25, 0.3) is 0 Å². The highest BCUT2D eigenvalue weighted by atomic mass is 19.4. The van der Waals surface area contributed by atoms with E-state index in [0.29, 0.717) is 17.7 Å². The number of methoxy groups -OCH3 is 1. The summed E-state index contributed by atoms with van der Waals surface area (Å²) < 4.78 is 45.3. The Bertz CT molecular complexity index is 1170. The molecular weight excluding hydrogens is 425 g/mol. The number of nitrogens with one attached hydrogen (secondary N) is 1. The van der Waals surface area contributed by atoms with Crippen molar-refractivity contribution >= 4 is 17.4 Å². The van der Waals surface area contributed by atoms with Crippen LogP contribution < -0.4 is 10.1 Å². The van der Waals surface area contributed by atoms with E-state index in [1.807, 2.05) is 6.92 Å². The van der Waals surface area contributed by atoms with E-state index >= 15 is 0 Å². The number of halogens is 3. The van der Waals surface area contributed by atoms with E-state index in [-0.39, 0.29) is 28.8 Å². The number of rotatable bonds is 4. The molecule has 1 aliphatic rings. The smallest absolute Gasteiger partial charge is 0.416 e. The van der Waals surface area contributed by atoms with Gasteiger partial charge < -0.3 is 10.1 Å². The molecule has 0 fully saturated rings. The predicted octanol–water partition coefficient (Wildman–Crippen LogP) is 4.49. The molecule has 166 valence electrons. The van der Waals surface area contributed by atoms with E-state index in [2.05, 4.69) is 15.4 Å². The number of fused-ring (bicyclic) bond motifs is 1. The normalized spacial score (nSPS) is 18.2. The molecule has 3 aromatic rings. The summed E-state index contributed by atoms with van der Waals surface area (Å²) in [6, 6.07) is 5.90. The second-order valence-electron chi connectivity index (χ2n) is 7.54. The Morgan fingerprint density at radius 2 is 1.91 bits per heavy atom. The molecule has 0 radical (unpaired) electrons. The summed E-state index contributed by atoms with van der Waals surface area (Å²) in [5.74, 6) is -1.06. The Balaban J connectivity index is 1.62. The van der Waals surface area contributed by atoms with Crippen molar-refractivity contribution < 1.29 is 27.5 Å². The lowest BCUT2D eigenvalue weighted by Gasteiger charge is -2.28. The van der Waals surface area contributed by atoms with Gasteiger partial charge in [-0.1, -0.05) is 12.1 Å². The fraction of sp³-hybridized carbons (Fsp3) is 0.273. The van der Waals surface area contributed by atoms with Gasteiger partial charge in [0.2, 0.25) is 0 Å². The zero-order chi connectivity index (χ0) is 23.0. The number of anilines is 1. The first-order chi connectivity index (χ1) is 15.2. The Morgan fingerprint density at radius 3 is 2.56 bits per heavy atom. The van der Waals surface area contributed by atoms with Gasteiger partial charge in [0.15, 0.2) is 5.78 Å². The summed E-state index contributed by atoms with van der Waals surface area (Å²) in [5.41, 5.74) is 0.378. The summed E-state index contributed by atoms with van der Waals surface area (Å²) in [6.07, 6.45) is 0.144. The van der Waals surface area contributed by atoms with Gasteiger partial charge in [0, 0.05) is 6.20 Å². The zero-order valence-electron chi connectivity index (χ0n) is 17.2. The van der Waals surface area contributed by atoms with E-state index in [1.165, 1.54) is 48.6 Å². The average Bonchev–Trinajstić information content (AvgIpc) is 3.20. The van der Waals surface area contributed by atoms with Crippen LogP contribution in [0.1, 0.15) is 57.3 Å². The monoisotopic (exact) mass is 444 g/mol. The van der Waals surface area contributed by atoms with Crippen LogP contribution in [-0.2, 0) is 6.18 Å². The highest BCUT2D eigenvalue weighted by molar-refractivity contribution is 6.10. The quantitative estimate of drug-likeness (QED) is 0.641. The van der Waals surface area contributed by atoms with Gasteiger partial charge in [-0.25, -0.2) is 0 Å². The van der Waals surface area contributed by atoms with Crippen molar-refractivity contribution in [3.63, 3.8) is 0 Å². The Kier molecular flexibility index (Phi) is 5.45. The largest absolute Gasteiger partial charge is 0.495 e. The molecule has 0 saturated heterocycles. The zero-order valence-corrected chi connectivity index (χ0v) is 17.2. The maximum Gasteiger partial charge on any atom is 0.416 e. The summed E-state index contributed by atoms with van der Waals surface area (Å²) in [4.78, 5) is 29.9. The molecule has 1 aromatic carbocycles. The number of carbonyl (C=O) groups is 2. The van der Waals surface area contributed by atoms with Gasteiger partial charge in [-0.15, -0.1) is 0 Å². The minimum Gasteiger partial charge on any atom is -0.495 e. The van der Waals surface area contributed by atoms with Crippen molar-refractivity contribution in [1.82, 2.24) is 14.8 Å². The maximum atomic E-state index is 13.3. The second kappa shape index (κ2) is 8.10. The van der Waals surface area contributed by atoms with Crippen molar-refractivity contribution in [2.24, 2.45) is 0 Å². The van der Waals surface area contributed by atoms with Gasteiger partial charge >= 0.3 is 6.18 Å². The molecule has 10 heteroatoms. The number of amides is 1. The number of ether oxygens (including phenoxy) is 1. The molecule has 1 unspecified atom stereocenters. The highest BCUT2D eigenvalue weighted by Gasteiger charge is 2.37. The molecule has 1 aliphatic heterocycles. The van der Waals surface area contributed by atoms with Crippen molar-refractivity contribution in [2.45, 2.75) is 31.5 Å². The molecule has 2 atom stereocenters. The second-order valence-corrected chi connectivity index (χ2v) is 7.54. The van der Waals surface area contributed by atoms with E-state index in [9.17, 15) is 22.8 Å². The average molecular weight is 444 g/mol. The SMILES string of the molecule is COc1cncc(C(=O)Nc2cnn3c2C(=O)C(c2ccc(C(F)(F)F)cc2)C[C@@H]3C)c1. The third kappa shape index (κ3) is 3.95. The van der Waals surface area contributed by atoms with Gasteiger partial charge in [-0.2, -0.15) is 18.3 Å². The Morgan fingerprint density at radius 1 is 1.19 bits per heavy atom. The number of benzene rings is 1. The number of ketones is 1. The molecule has 0 bridgehead atoms. The molecular formula is C22H19F3N4O3. The summed E-state index contributed by atoms with van der Waals surface area (Å²) in [7, 11) is 1.45. The van der Waals surface area contributed by atoms with Crippen LogP contribution in [0.15, 0.2) is 48.9 Å². The summed E-state index contributed by atoms with van der Waals surface area (Å²) >= 11 is 0. The molecule has 0 aliphatic carbocycles. The molecule has 4 rings (SSSR count). The number of hydrogen-bond acceptors (Lipinski definition) is 5. The first kappa shape index (κ1) is 21.5. The molecule has 2 aromatic heterocycles. The Labute approximate surface area is 181 Å². The minimum atomic E-state index is -4.45. The predicted molar refractivity (Wildman–Crippen MR) is 109 cm³/mol. The molecule has 7 nitrogen and oxygen atoms in total. The fourth-order valence-corrected chi connectivity index (χ4v) is 3.79. The van der Waals surface area contributed by atoms with E-state index in [0.717, 1.165) is 12.1 Å². The van der Waals surface area contributed by atoms with Crippen LogP contribution in [-0.4, -0.2) is 33.6 Å². The molecule has 0 spiro atoms. The lowest BCUT2D eigenvalue weighted by atomic mass is 9.84. The van der Waals surface area contributed by atoms with Crippen LogP contribution in [0.2, 0.25) is 0 Å². The molecule has 3 heterocycles. The first-order valence-corrected chi connectivity index (χ1v) is 9.78.